The fourth-order valence-corrected chi connectivity index (χ4v) is 2.62. The molecule has 2 aliphatic heterocycles. The van der Waals surface area contributed by atoms with E-state index in [4.69, 9.17) is 0 Å². The van der Waals surface area contributed by atoms with E-state index in [1.165, 1.54) is 39.1 Å². The Labute approximate surface area is 75.5 Å². The monoisotopic (exact) mass is 168 g/mol. The summed E-state index contributed by atoms with van der Waals surface area (Å²) in [7, 11) is 0. The highest BCUT2D eigenvalue weighted by Crippen LogP contribution is 2.31. The molecule has 0 bridgehead atoms. The molecule has 2 nitrogen and oxygen atoms in total. The fraction of sp³-hybridized carbons (Fsp3) is 1.00. The molecule has 12 heavy (non-hydrogen) atoms. The minimum Gasteiger partial charge on any atom is -0.302 e. The highest BCUT2D eigenvalue weighted by Gasteiger charge is 2.40. The number of likely N-dealkylation sites (tertiary alicyclic amines) is 2. The maximum atomic E-state index is 2.62. The van der Waals surface area contributed by atoms with Crippen LogP contribution >= 0.6 is 0 Å². The summed E-state index contributed by atoms with van der Waals surface area (Å²) in [5.41, 5.74) is 0. The molecule has 0 spiro atoms. The second-order valence-electron chi connectivity index (χ2n) is 4.10. The SMILES string of the molecule is CCN1CCC2CN(CC)C2C1. The van der Waals surface area contributed by atoms with Crippen molar-refractivity contribution in [2.24, 2.45) is 5.92 Å². The first-order valence-corrected chi connectivity index (χ1v) is 5.31. The predicted molar refractivity (Wildman–Crippen MR) is 51.3 cm³/mol. The first-order chi connectivity index (χ1) is 5.85. The normalized spacial score (nSPS) is 37.5. The summed E-state index contributed by atoms with van der Waals surface area (Å²) in [6.07, 6.45) is 1.44. The summed E-state index contributed by atoms with van der Waals surface area (Å²) in [5, 5.41) is 0. The molecule has 0 amide bonds. The zero-order chi connectivity index (χ0) is 8.55. The summed E-state index contributed by atoms with van der Waals surface area (Å²) in [4.78, 5) is 5.20. The van der Waals surface area contributed by atoms with Crippen LogP contribution in [0.4, 0.5) is 0 Å². The van der Waals surface area contributed by atoms with Gasteiger partial charge in [-0.2, -0.15) is 0 Å². The van der Waals surface area contributed by atoms with Crippen LogP contribution in [0.2, 0.25) is 0 Å². The topological polar surface area (TPSA) is 6.48 Å². The molecule has 2 heteroatoms. The van der Waals surface area contributed by atoms with Gasteiger partial charge in [0, 0.05) is 19.1 Å². The van der Waals surface area contributed by atoms with Gasteiger partial charge in [-0.15, -0.1) is 0 Å². The second-order valence-corrected chi connectivity index (χ2v) is 4.10. The summed E-state index contributed by atoms with van der Waals surface area (Å²) in [5.74, 6) is 1.03. The number of fused-ring (bicyclic) bond motifs is 1. The van der Waals surface area contributed by atoms with E-state index in [0.29, 0.717) is 0 Å². The molecule has 0 aromatic carbocycles. The summed E-state index contributed by atoms with van der Waals surface area (Å²) < 4.78 is 0. The van der Waals surface area contributed by atoms with Crippen molar-refractivity contribution in [2.75, 3.05) is 32.7 Å². The molecule has 2 unspecified atom stereocenters. The number of nitrogens with zero attached hydrogens (tertiary/aromatic N) is 2. The molecule has 70 valence electrons. The van der Waals surface area contributed by atoms with E-state index in [9.17, 15) is 0 Å². The summed E-state index contributed by atoms with van der Waals surface area (Å²) in [6.45, 7) is 11.1. The number of hydrogen-bond donors (Lipinski definition) is 0. The quantitative estimate of drug-likeness (QED) is 0.607. The Morgan fingerprint density at radius 3 is 2.67 bits per heavy atom. The van der Waals surface area contributed by atoms with Gasteiger partial charge in [0.15, 0.2) is 0 Å². The zero-order valence-corrected chi connectivity index (χ0v) is 8.29. The van der Waals surface area contributed by atoms with Crippen LogP contribution in [0.3, 0.4) is 0 Å². The van der Waals surface area contributed by atoms with Gasteiger partial charge in [-0.05, 0) is 32.0 Å². The maximum absolute atomic E-state index is 2.62. The Hall–Kier alpha value is -0.0800. The van der Waals surface area contributed by atoms with Crippen molar-refractivity contribution in [2.45, 2.75) is 26.3 Å². The largest absolute Gasteiger partial charge is 0.302 e. The molecule has 2 fully saturated rings. The van der Waals surface area contributed by atoms with Gasteiger partial charge in [0.2, 0.25) is 0 Å². The Morgan fingerprint density at radius 1 is 1.17 bits per heavy atom. The van der Waals surface area contributed by atoms with Gasteiger partial charge in [-0.3, -0.25) is 4.90 Å². The molecule has 2 saturated heterocycles. The number of piperidine rings is 1. The molecule has 0 aromatic rings. The van der Waals surface area contributed by atoms with Gasteiger partial charge < -0.3 is 4.90 Å². The third-order valence-corrected chi connectivity index (χ3v) is 3.60. The molecule has 0 radical (unpaired) electrons. The van der Waals surface area contributed by atoms with Crippen molar-refractivity contribution < 1.29 is 0 Å². The van der Waals surface area contributed by atoms with Crippen LogP contribution in [0.5, 0.6) is 0 Å². The van der Waals surface area contributed by atoms with Crippen LogP contribution < -0.4 is 0 Å². The molecule has 2 rings (SSSR count). The van der Waals surface area contributed by atoms with Crippen molar-refractivity contribution in [3.05, 3.63) is 0 Å². The van der Waals surface area contributed by atoms with Crippen molar-refractivity contribution in [3.8, 4) is 0 Å². The number of rotatable bonds is 2. The van der Waals surface area contributed by atoms with Gasteiger partial charge >= 0.3 is 0 Å². The Morgan fingerprint density at radius 2 is 2.00 bits per heavy atom. The van der Waals surface area contributed by atoms with Crippen LogP contribution in [0.25, 0.3) is 0 Å². The Balaban J connectivity index is 1.88. The molecule has 0 saturated carbocycles. The fourth-order valence-electron chi connectivity index (χ4n) is 2.62. The Bertz CT molecular complexity index is 150. The first-order valence-electron chi connectivity index (χ1n) is 5.31. The third kappa shape index (κ3) is 1.27. The standard InChI is InChI=1S/C10H20N2/c1-3-11-6-5-9-7-12(4-2)10(9)8-11/h9-10H,3-8H2,1-2H3. The summed E-state index contributed by atoms with van der Waals surface area (Å²) >= 11 is 0. The summed E-state index contributed by atoms with van der Waals surface area (Å²) in [6, 6.07) is 0.906. The maximum Gasteiger partial charge on any atom is 0.0264 e. The second kappa shape index (κ2) is 3.35. The van der Waals surface area contributed by atoms with Gasteiger partial charge in [-0.25, -0.2) is 0 Å². The lowest BCUT2D eigenvalue weighted by Crippen LogP contribution is -2.63. The van der Waals surface area contributed by atoms with Gasteiger partial charge in [0.1, 0.15) is 0 Å². The van der Waals surface area contributed by atoms with Crippen LogP contribution in [-0.4, -0.2) is 48.6 Å². The van der Waals surface area contributed by atoms with Gasteiger partial charge in [0.25, 0.3) is 0 Å². The van der Waals surface area contributed by atoms with Crippen molar-refractivity contribution in [1.82, 2.24) is 9.80 Å². The van der Waals surface area contributed by atoms with Crippen LogP contribution in [0.15, 0.2) is 0 Å². The van der Waals surface area contributed by atoms with E-state index in [2.05, 4.69) is 23.6 Å². The minimum absolute atomic E-state index is 0.906. The van der Waals surface area contributed by atoms with E-state index in [1.807, 2.05) is 0 Å². The van der Waals surface area contributed by atoms with Crippen molar-refractivity contribution in [3.63, 3.8) is 0 Å². The van der Waals surface area contributed by atoms with E-state index in [1.54, 1.807) is 0 Å². The van der Waals surface area contributed by atoms with E-state index >= 15 is 0 Å². The van der Waals surface area contributed by atoms with E-state index in [-0.39, 0.29) is 0 Å². The lowest BCUT2D eigenvalue weighted by molar-refractivity contribution is -0.0389. The number of likely N-dealkylation sites (N-methyl/N-ethyl adjacent to an activating group) is 2. The molecular formula is C10H20N2. The molecule has 2 aliphatic rings. The highest BCUT2D eigenvalue weighted by molar-refractivity contribution is 4.96. The molecule has 2 heterocycles. The molecular weight excluding hydrogens is 148 g/mol. The smallest absolute Gasteiger partial charge is 0.0264 e. The highest BCUT2D eigenvalue weighted by atomic mass is 15.3. The van der Waals surface area contributed by atoms with Gasteiger partial charge in [-0.1, -0.05) is 13.8 Å². The molecule has 0 aromatic heterocycles. The van der Waals surface area contributed by atoms with Crippen LogP contribution in [-0.2, 0) is 0 Å². The van der Waals surface area contributed by atoms with Crippen molar-refractivity contribution in [1.29, 1.82) is 0 Å². The average molecular weight is 168 g/mol. The van der Waals surface area contributed by atoms with Crippen LogP contribution in [0.1, 0.15) is 20.3 Å². The molecule has 0 aliphatic carbocycles. The minimum atomic E-state index is 0.906. The van der Waals surface area contributed by atoms with Crippen molar-refractivity contribution >= 4 is 0 Å². The number of hydrogen-bond acceptors (Lipinski definition) is 2. The average Bonchev–Trinajstić information content (AvgIpc) is 2.08. The lowest BCUT2D eigenvalue weighted by atomic mass is 9.82. The predicted octanol–water partition coefficient (Wildman–Crippen LogP) is 1.03. The van der Waals surface area contributed by atoms with E-state index < -0.39 is 0 Å². The van der Waals surface area contributed by atoms with E-state index in [0.717, 1.165) is 12.0 Å². The third-order valence-electron chi connectivity index (χ3n) is 3.60. The molecule has 2 atom stereocenters. The molecule has 0 N–H and O–H groups in total. The zero-order valence-electron chi connectivity index (χ0n) is 8.29. The van der Waals surface area contributed by atoms with Gasteiger partial charge in [0.05, 0.1) is 0 Å². The Kier molecular flexibility index (Phi) is 2.37. The van der Waals surface area contributed by atoms with Crippen LogP contribution in [0, 0.1) is 5.92 Å². The lowest BCUT2D eigenvalue weighted by Gasteiger charge is -2.53. The first kappa shape index (κ1) is 8.52.